The highest BCUT2D eigenvalue weighted by atomic mass is 16.4. The molecular weight excluding hydrogens is 384 g/mol. The molecule has 2 aromatic rings. The lowest BCUT2D eigenvalue weighted by atomic mass is 9.85. The first-order chi connectivity index (χ1) is 14.5. The molecule has 150 valence electrons. The maximum atomic E-state index is 12.9. The van der Waals surface area contributed by atoms with Crippen molar-refractivity contribution in [2.75, 3.05) is 10.2 Å². The van der Waals surface area contributed by atoms with Gasteiger partial charge in [0.15, 0.2) is 0 Å². The fourth-order valence-corrected chi connectivity index (χ4v) is 4.89. The third-order valence-corrected chi connectivity index (χ3v) is 6.26. The molecule has 2 fully saturated rings. The van der Waals surface area contributed by atoms with Crippen molar-refractivity contribution in [1.29, 1.82) is 0 Å². The zero-order valence-electron chi connectivity index (χ0n) is 15.8. The summed E-state index contributed by atoms with van der Waals surface area (Å²) < 4.78 is 0. The van der Waals surface area contributed by atoms with E-state index >= 15 is 0 Å². The van der Waals surface area contributed by atoms with Crippen LogP contribution in [0.1, 0.15) is 27.1 Å². The number of carbonyl (C=O) groups is 4. The standard InChI is InChI=1S/C23H18N2O5/c26-20(24-17-4-2-1-3-16(17)23(29)30)12-7-9-15(10-8-12)25-21(27)18-13-5-6-14(11-13)19(18)22(25)28/h1-10,13-14,18-19H,11H2,(H,24,26)(H,29,30)/t13-,14-,18-,19-/m0/s1. The number of fused-ring (bicyclic) bond motifs is 5. The van der Waals surface area contributed by atoms with Crippen LogP contribution in [0.2, 0.25) is 0 Å². The van der Waals surface area contributed by atoms with E-state index in [9.17, 15) is 24.3 Å². The molecule has 3 amide bonds. The molecule has 1 saturated carbocycles. The highest BCUT2D eigenvalue weighted by Crippen LogP contribution is 2.53. The van der Waals surface area contributed by atoms with Gasteiger partial charge in [0.25, 0.3) is 5.91 Å². The number of anilines is 2. The molecule has 0 radical (unpaired) electrons. The van der Waals surface area contributed by atoms with Crippen LogP contribution in [0.3, 0.4) is 0 Å². The lowest BCUT2D eigenvalue weighted by Gasteiger charge is -2.17. The van der Waals surface area contributed by atoms with Gasteiger partial charge in [0.05, 0.1) is 28.8 Å². The molecule has 0 unspecified atom stereocenters. The average molecular weight is 402 g/mol. The number of benzene rings is 2. The van der Waals surface area contributed by atoms with Crippen molar-refractivity contribution in [2.45, 2.75) is 6.42 Å². The molecule has 4 atom stereocenters. The summed E-state index contributed by atoms with van der Waals surface area (Å²) in [7, 11) is 0. The first-order valence-corrected chi connectivity index (χ1v) is 9.75. The Bertz CT molecular complexity index is 1090. The number of hydrogen-bond donors (Lipinski definition) is 2. The minimum absolute atomic E-state index is 0.00879. The topological polar surface area (TPSA) is 104 Å². The Labute approximate surface area is 172 Å². The van der Waals surface area contributed by atoms with Crippen LogP contribution in [0.5, 0.6) is 0 Å². The van der Waals surface area contributed by atoms with E-state index in [1.165, 1.54) is 29.2 Å². The predicted molar refractivity (Wildman–Crippen MR) is 108 cm³/mol. The van der Waals surface area contributed by atoms with Crippen LogP contribution in [-0.2, 0) is 9.59 Å². The van der Waals surface area contributed by atoms with Gasteiger partial charge in [0, 0.05) is 5.56 Å². The summed E-state index contributed by atoms with van der Waals surface area (Å²) in [5.74, 6) is -2.23. The van der Waals surface area contributed by atoms with Crippen molar-refractivity contribution in [1.82, 2.24) is 0 Å². The van der Waals surface area contributed by atoms with Crippen LogP contribution < -0.4 is 10.2 Å². The van der Waals surface area contributed by atoms with Gasteiger partial charge < -0.3 is 10.4 Å². The molecule has 2 aliphatic carbocycles. The minimum atomic E-state index is -1.14. The van der Waals surface area contributed by atoms with E-state index < -0.39 is 11.9 Å². The highest BCUT2D eigenvalue weighted by molar-refractivity contribution is 6.23. The van der Waals surface area contributed by atoms with E-state index in [2.05, 4.69) is 5.32 Å². The van der Waals surface area contributed by atoms with Crippen LogP contribution in [0, 0.1) is 23.7 Å². The van der Waals surface area contributed by atoms with Gasteiger partial charge in [-0.1, -0.05) is 24.3 Å². The van der Waals surface area contributed by atoms with Crippen LogP contribution >= 0.6 is 0 Å². The van der Waals surface area contributed by atoms with Gasteiger partial charge in [0.1, 0.15) is 0 Å². The monoisotopic (exact) mass is 402 g/mol. The first-order valence-electron chi connectivity index (χ1n) is 9.75. The summed E-state index contributed by atoms with van der Waals surface area (Å²) >= 11 is 0. The van der Waals surface area contributed by atoms with Crippen LogP contribution in [-0.4, -0.2) is 28.8 Å². The second kappa shape index (κ2) is 6.66. The Morgan fingerprint density at radius 3 is 2.10 bits per heavy atom. The number of hydrogen-bond acceptors (Lipinski definition) is 4. The van der Waals surface area contributed by atoms with Crippen LogP contribution in [0.15, 0.2) is 60.7 Å². The Balaban J connectivity index is 1.35. The van der Waals surface area contributed by atoms with Gasteiger partial charge in [0.2, 0.25) is 11.8 Å². The van der Waals surface area contributed by atoms with E-state index in [1.807, 2.05) is 12.2 Å². The summed E-state index contributed by atoms with van der Waals surface area (Å²) in [5, 5.41) is 11.8. The van der Waals surface area contributed by atoms with Gasteiger partial charge >= 0.3 is 5.97 Å². The molecule has 3 aliphatic rings. The normalized spacial score (nSPS) is 26.2. The Kier molecular flexibility index (Phi) is 4.06. The maximum Gasteiger partial charge on any atom is 0.337 e. The molecule has 2 bridgehead atoms. The molecule has 2 N–H and O–H groups in total. The Morgan fingerprint density at radius 1 is 0.900 bits per heavy atom. The number of carboxylic acids is 1. The van der Waals surface area contributed by atoms with Gasteiger partial charge in [-0.2, -0.15) is 0 Å². The fourth-order valence-electron chi connectivity index (χ4n) is 4.89. The largest absolute Gasteiger partial charge is 0.478 e. The Hall–Kier alpha value is -3.74. The Morgan fingerprint density at radius 2 is 1.50 bits per heavy atom. The number of amides is 3. The summed E-state index contributed by atoms with van der Waals surface area (Å²) in [5.41, 5.74) is 0.923. The van der Waals surface area contributed by atoms with E-state index in [4.69, 9.17) is 0 Å². The van der Waals surface area contributed by atoms with Crippen molar-refractivity contribution < 1.29 is 24.3 Å². The number of allylic oxidation sites excluding steroid dienone is 2. The van der Waals surface area contributed by atoms with E-state index in [1.54, 1.807) is 24.3 Å². The second-order valence-corrected chi connectivity index (χ2v) is 7.86. The van der Waals surface area contributed by atoms with Crippen LogP contribution in [0.4, 0.5) is 11.4 Å². The fraction of sp³-hybridized carbons (Fsp3) is 0.217. The molecule has 1 heterocycles. The number of carboxylic acid groups (broad SMARTS) is 1. The van der Waals surface area contributed by atoms with Crippen molar-refractivity contribution in [3.05, 3.63) is 71.8 Å². The van der Waals surface area contributed by atoms with Crippen molar-refractivity contribution in [2.24, 2.45) is 23.7 Å². The molecule has 1 aliphatic heterocycles. The first kappa shape index (κ1) is 18.3. The number of nitrogens with one attached hydrogen (secondary N) is 1. The number of nitrogens with zero attached hydrogens (tertiary/aromatic N) is 1. The molecule has 2 aromatic carbocycles. The van der Waals surface area contributed by atoms with E-state index in [-0.39, 0.29) is 46.7 Å². The summed E-state index contributed by atoms with van der Waals surface area (Å²) in [6, 6.07) is 12.3. The third kappa shape index (κ3) is 2.66. The van der Waals surface area contributed by atoms with Gasteiger partial charge in [-0.15, -0.1) is 0 Å². The molecule has 7 heteroatoms. The second-order valence-electron chi connectivity index (χ2n) is 7.86. The predicted octanol–water partition coefficient (Wildman–Crippen LogP) is 2.95. The van der Waals surface area contributed by atoms with Gasteiger partial charge in [-0.05, 0) is 54.7 Å². The molecule has 1 saturated heterocycles. The summed E-state index contributed by atoms with van der Waals surface area (Å²) in [6.07, 6.45) is 4.96. The smallest absolute Gasteiger partial charge is 0.337 e. The minimum Gasteiger partial charge on any atom is -0.478 e. The number of para-hydroxylation sites is 1. The van der Waals surface area contributed by atoms with Crippen molar-refractivity contribution >= 4 is 35.1 Å². The lowest BCUT2D eigenvalue weighted by molar-refractivity contribution is -0.123. The lowest BCUT2D eigenvalue weighted by Crippen LogP contribution is -2.32. The van der Waals surface area contributed by atoms with E-state index in [0.29, 0.717) is 11.3 Å². The number of carbonyl (C=O) groups excluding carboxylic acids is 3. The molecule has 0 spiro atoms. The highest BCUT2D eigenvalue weighted by Gasteiger charge is 2.59. The number of imide groups is 1. The molecule has 5 rings (SSSR count). The van der Waals surface area contributed by atoms with Crippen LogP contribution in [0.25, 0.3) is 0 Å². The zero-order valence-corrected chi connectivity index (χ0v) is 15.8. The van der Waals surface area contributed by atoms with Gasteiger partial charge in [-0.3, -0.25) is 19.3 Å². The third-order valence-electron chi connectivity index (χ3n) is 6.26. The van der Waals surface area contributed by atoms with Gasteiger partial charge in [-0.25, -0.2) is 4.79 Å². The number of rotatable bonds is 4. The SMILES string of the molecule is O=C(Nc1ccccc1C(=O)O)c1ccc(N2C(=O)[C@@H]3[C@@H](C2=O)[C@H]2C=C[C@H]3C2)cc1. The average Bonchev–Trinajstić information content (AvgIpc) is 3.42. The summed E-state index contributed by atoms with van der Waals surface area (Å²) in [4.78, 5) is 50.9. The van der Waals surface area contributed by atoms with Crippen molar-refractivity contribution in [3.63, 3.8) is 0 Å². The van der Waals surface area contributed by atoms with E-state index in [0.717, 1.165) is 6.42 Å². The number of aromatic carboxylic acids is 1. The molecular formula is C23H18N2O5. The molecule has 0 aromatic heterocycles. The quantitative estimate of drug-likeness (QED) is 0.605. The summed E-state index contributed by atoms with van der Waals surface area (Å²) in [6.45, 7) is 0. The molecule has 30 heavy (non-hydrogen) atoms. The zero-order chi connectivity index (χ0) is 21.0. The molecule has 7 nitrogen and oxygen atoms in total. The van der Waals surface area contributed by atoms with Crippen molar-refractivity contribution in [3.8, 4) is 0 Å². The maximum absolute atomic E-state index is 12.9.